The van der Waals surface area contributed by atoms with Gasteiger partial charge in [0.25, 0.3) is 0 Å². The van der Waals surface area contributed by atoms with Gasteiger partial charge in [-0.3, -0.25) is 0 Å². The maximum absolute atomic E-state index is 13.0. The van der Waals surface area contributed by atoms with Crippen LogP contribution >= 0.6 is 11.6 Å². The van der Waals surface area contributed by atoms with Crippen molar-refractivity contribution in [2.24, 2.45) is 0 Å². The van der Waals surface area contributed by atoms with Gasteiger partial charge in [0.2, 0.25) is 0 Å². The van der Waals surface area contributed by atoms with Crippen molar-refractivity contribution in [1.29, 1.82) is 0 Å². The quantitative estimate of drug-likeness (QED) is 0.920. The molecule has 108 valence electrons. The number of hydrogen-bond acceptors (Lipinski definition) is 2. The summed E-state index contributed by atoms with van der Waals surface area (Å²) in [6.07, 6.45) is 0.705. The normalized spacial score (nSPS) is 17.4. The third kappa shape index (κ3) is 2.59. The molecule has 0 amide bonds. The Kier molecular flexibility index (Phi) is 3.55. The Hall–Kier alpha value is -2.07. The lowest BCUT2D eigenvalue weighted by atomic mass is 9.92. The smallest absolute Gasteiger partial charge is 0.331 e. The second-order valence-corrected chi connectivity index (χ2v) is 5.44. The van der Waals surface area contributed by atoms with Crippen LogP contribution in [0.5, 0.6) is 0 Å². The second kappa shape index (κ2) is 5.37. The topological polar surface area (TPSA) is 40.5 Å². The molecular formula is C16H13ClFNO2. The highest BCUT2D eigenvalue weighted by atomic mass is 35.5. The van der Waals surface area contributed by atoms with Crippen LogP contribution in [0.2, 0.25) is 5.02 Å². The van der Waals surface area contributed by atoms with Crippen LogP contribution in [0.1, 0.15) is 17.2 Å². The number of nitrogens with zero attached hydrogens (tertiary/aromatic N) is 1. The molecule has 2 aromatic carbocycles. The average molecular weight is 306 g/mol. The molecule has 0 unspecified atom stereocenters. The fourth-order valence-electron chi connectivity index (χ4n) is 2.77. The molecular weight excluding hydrogens is 293 g/mol. The first-order valence-electron chi connectivity index (χ1n) is 6.59. The zero-order valence-electron chi connectivity index (χ0n) is 11.1. The Morgan fingerprint density at radius 3 is 2.62 bits per heavy atom. The number of carbonyl (C=O) groups is 1. The van der Waals surface area contributed by atoms with Crippen LogP contribution in [-0.4, -0.2) is 17.6 Å². The van der Waals surface area contributed by atoms with Gasteiger partial charge in [0.15, 0.2) is 6.04 Å². The van der Waals surface area contributed by atoms with E-state index in [0.717, 1.165) is 11.1 Å². The maximum Gasteiger partial charge on any atom is 0.331 e. The Balaban J connectivity index is 2.05. The van der Waals surface area contributed by atoms with Gasteiger partial charge in [-0.05, 0) is 53.9 Å². The van der Waals surface area contributed by atoms with Crippen molar-refractivity contribution in [3.8, 4) is 0 Å². The SMILES string of the molecule is O=C(O)[C@@H]1c2ccc(Cl)cc2CCN1c1ccc(F)cc1. The van der Waals surface area contributed by atoms with Crippen LogP contribution in [0.3, 0.4) is 0 Å². The van der Waals surface area contributed by atoms with E-state index in [0.29, 0.717) is 23.7 Å². The summed E-state index contributed by atoms with van der Waals surface area (Å²) in [5.41, 5.74) is 2.39. The van der Waals surface area contributed by atoms with Gasteiger partial charge in [-0.1, -0.05) is 17.7 Å². The molecule has 21 heavy (non-hydrogen) atoms. The van der Waals surface area contributed by atoms with E-state index in [-0.39, 0.29) is 5.82 Å². The lowest BCUT2D eigenvalue weighted by Gasteiger charge is -2.36. The van der Waals surface area contributed by atoms with Gasteiger partial charge in [-0.25, -0.2) is 9.18 Å². The molecule has 0 saturated carbocycles. The molecule has 0 fully saturated rings. The minimum Gasteiger partial charge on any atom is -0.479 e. The Labute approximate surface area is 126 Å². The zero-order valence-corrected chi connectivity index (χ0v) is 11.8. The number of carboxylic acid groups (broad SMARTS) is 1. The van der Waals surface area contributed by atoms with Gasteiger partial charge in [-0.2, -0.15) is 0 Å². The molecule has 0 spiro atoms. The molecule has 3 nitrogen and oxygen atoms in total. The fraction of sp³-hybridized carbons (Fsp3) is 0.188. The zero-order chi connectivity index (χ0) is 15.0. The highest BCUT2D eigenvalue weighted by Gasteiger charge is 2.33. The third-order valence-corrected chi connectivity index (χ3v) is 3.96. The van der Waals surface area contributed by atoms with E-state index in [2.05, 4.69) is 0 Å². The molecule has 1 heterocycles. The summed E-state index contributed by atoms with van der Waals surface area (Å²) in [5, 5.41) is 10.2. The van der Waals surface area contributed by atoms with Crippen LogP contribution in [0.15, 0.2) is 42.5 Å². The minimum atomic E-state index is -0.928. The largest absolute Gasteiger partial charge is 0.479 e. The first kappa shape index (κ1) is 13.9. The molecule has 0 saturated heterocycles. The van der Waals surface area contributed by atoms with Crippen molar-refractivity contribution >= 4 is 23.3 Å². The van der Waals surface area contributed by atoms with Crippen molar-refractivity contribution in [1.82, 2.24) is 0 Å². The van der Waals surface area contributed by atoms with E-state index in [1.807, 2.05) is 6.07 Å². The van der Waals surface area contributed by atoms with Crippen LogP contribution in [0.25, 0.3) is 0 Å². The van der Waals surface area contributed by atoms with E-state index < -0.39 is 12.0 Å². The molecule has 0 bridgehead atoms. The number of aliphatic carboxylic acids is 1. The number of rotatable bonds is 2. The third-order valence-electron chi connectivity index (χ3n) is 3.73. The van der Waals surface area contributed by atoms with E-state index >= 15 is 0 Å². The van der Waals surface area contributed by atoms with Gasteiger partial charge >= 0.3 is 5.97 Å². The lowest BCUT2D eigenvalue weighted by molar-refractivity contribution is -0.138. The molecule has 2 aromatic rings. The molecule has 1 N–H and O–H groups in total. The summed E-state index contributed by atoms with van der Waals surface area (Å²) in [6, 6.07) is 10.4. The van der Waals surface area contributed by atoms with Crippen molar-refractivity contribution in [3.63, 3.8) is 0 Å². The molecule has 0 radical (unpaired) electrons. The minimum absolute atomic E-state index is 0.338. The molecule has 1 aliphatic rings. The standard InChI is InChI=1S/C16H13ClFNO2/c17-11-1-6-14-10(9-11)7-8-19(15(14)16(20)21)13-4-2-12(18)3-5-13/h1-6,9,15H,7-8H2,(H,20,21)/t15-/m0/s1. The summed E-state index contributed by atoms with van der Waals surface area (Å²) in [5.74, 6) is -1.27. The van der Waals surface area contributed by atoms with Gasteiger partial charge in [0.05, 0.1) is 0 Å². The monoisotopic (exact) mass is 305 g/mol. The predicted octanol–water partition coefficient (Wildman–Crippen LogP) is 3.67. The highest BCUT2D eigenvalue weighted by molar-refractivity contribution is 6.30. The number of anilines is 1. The average Bonchev–Trinajstić information content (AvgIpc) is 2.46. The van der Waals surface area contributed by atoms with Crippen molar-refractivity contribution in [2.45, 2.75) is 12.5 Å². The van der Waals surface area contributed by atoms with Crippen molar-refractivity contribution in [3.05, 3.63) is 64.4 Å². The number of fused-ring (bicyclic) bond motifs is 1. The fourth-order valence-corrected chi connectivity index (χ4v) is 2.97. The summed E-state index contributed by atoms with van der Waals surface area (Å²) < 4.78 is 13.0. The van der Waals surface area contributed by atoms with E-state index in [4.69, 9.17) is 11.6 Å². The van der Waals surface area contributed by atoms with Crippen molar-refractivity contribution < 1.29 is 14.3 Å². The number of benzene rings is 2. The summed E-state index contributed by atoms with van der Waals surface area (Å²) in [4.78, 5) is 13.5. The van der Waals surface area contributed by atoms with E-state index in [1.54, 1.807) is 29.2 Å². The van der Waals surface area contributed by atoms with Gasteiger partial charge in [0, 0.05) is 17.3 Å². The van der Waals surface area contributed by atoms with Gasteiger partial charge in [0.1, 0.15) is 5.82 Å². The Morgan fingerprint density at radius 1 is 1.24 bits per heavy atom. The molecule has 0 aliphatic carbocycles. The molecule has 0 aromatic heterocycles. The van der Waals surface area contributed by atoms with Gasteiger partial charge < -0.3 is 10.0 Å². The summed E-state index contributed by atoms with van der Waals surface area (Å²) in [7, 11) is 0. The predicted molar refractivity (Wildman–Crippen MR) is 79.3 cm³/mol. The molecule has 5 heteroatoms. The number of halogens is 2. The Morgan fingerprint density at radius 2 is 1.95 bits per heavy atom. The van der Waals surface area contributed by atoms with E-state index in [1.165, 1.54) is 12.1 Å². The number of hydrogen-bond donors (Lipinski definition) is 1. The Bertz CT molecular complexity index is 687. The lowest BCUT2D eigenvalue weighted by Crippen LogP contribution is -2.39. The second-order valence-electron chi connectivity index (χ2n) is 5.00. The van der Waals surface area contributed by atoms with Crippen LogP contribution in [0.4, 0.5) is 10.1 Å². The molecule has 3 rings (SSSR count). The van der Waals surface area contributed by atoms with Crippen LogP contribution in [-0.2, 0) is 11.2 Å². The summed E-state index contributed by atoms with van der Waals surface area (Å²) in [6.45, 7) is 0.552. The summed E-state index contributed by atoms with van der Waals surface area (Å²) >= 11 is 5.97. The van der Waals surface area contributed by atoms with Crippen molar-refractivity contribution in [2.75, 3.05) is 11.4 Å². The van der Waals surface area contributed by atoms with Crippen LogP contribution < -0.4 is 4.90 Å². The molecule has 1 aliphatic heterocycles. The van der Waals surface area contributed by atoms with Crippen LogP contribution in [0, 0.1) is 5.82 Å². The molecule has 1 atom stereocenters. The maximum atomic E-state index is 13.0. The number of carboxylic acids is 1. The van der Waals surface area contributed by atoms with E-state index in [9.17, 15) is 14.3 Å². The van der Waals surface area contributed by atoms with Gasteiger partial charge in [-0.15, -0.1) is 0 Å². The first-order chi connectivity index (χ1) is 10.1. The highest BCUT2D eigenvalue weighted by Crippen LogP contribution is 2.35. The first-order valence-corrected chi connectivity index (χ1v) is 6.97.